The van der Waals surface area contributed by atoms with Crippen LogP contribution in [0.15, 0.2) is 12.2 Å². The molecular formula is C5H5BrZn. The van der Waals surface area contributed by atoms with Crippen molar-refractivity contribution in [3.05, 3.63) is 18.6 Å². The molecule has 0 saturated heterocycles. The summed E-state index contributed by atoms with van der Waals surface area (Å²) in [6.07, 6.45) is 9.56. The number of rotatable bonds is 0. The molecule has 0 rings (SSSR count). The van der Waals surface area contributed by atoms with Crippen LogP contribution in [-0.2, 0) is 16.3 Å². The van der Waals surface area contributed by atoms with Crippen molar-refractivity contribution in [3.63, 3.8) is 0 Å². The van der Waals surface area contributed by atoms with Gasteiger partial charge in [0.1, 0.15) is 0 Å². The number of hydrogen-bond donors (Lipinski definition) is 0. The molecule has 0 N–H and O–H groups in total. The SMILES string of the molecule is [C-]#C/C=C/C.[Zn+][Br]. The van der Waals surface area contributed by atoms with Gasteiger partial charge in [-0.3, -0.25) is 5.92 Å². The third-order valence-corrected chi connectivity index (χ3v) is 0.250. The zero-order valence-corrected chi connectivity index (χ0v) is 8.79. The molecule has 0 aromatic carbocycles. The van der Waals surface area contributed by atoms with Crippen molar-refractivity contribution in [2.75, 3.05) is 0 Å². The summed E-state index contributed by atoms with van der Waals surface area (Å²) in [6, 6.07) is 0. The fourth-order valence-corrected chi connectivity index (χ4v) is 0.0833. The van der Waals surface area contributed by atoms with Crippen LogP contribution in [0, 0.1) is 12.3 Å². The average Bonchev–Trinajstić information content (AvgIpc) is 1.75. The topological polar surface area (TPSA) is 0 Å². The van der Waals surface area contributed by atoms with Gasteiger partial charge in [0.05, 0.1) is 0 Å². The summed E-state index contributed by atoms with van der Waals surface area (Å²) >= 11 is 4.25. The molecule has 7 heavy (non-hydrogen) atoms. The molecular weight excluding hydrogens is 205 g/mol. The van der Waals surface area contributed by atoms with Crippen molar-refractivity contribution in [2.24, 2.45) is 0 Å². The molecule has 0 saturated carbocycles. The Balaban J connectivity index is 0. The van der Waals surface area contributed by atoms with E-state index < -0.39 is 0 Å². The van der Waals surface area contributed by atoms with Gasteiger partial charge in [-0.1, -0.05) is 6.92 Å². The summed E-state index contributed by atoms with van der Waals surface area (Å²) in [4.78, 5) is 0. The molecule has 0 bridgehead atoms. The number of halogens is 1. The molecule has 0 amide bonds. The summed E-state index contributed by atoms with van der Waals surface area (Å²) in [5, 5.41) is 0. The van der Waals surface area contributed by atoms with E-state index in [9.17, 15) is 0 Å². The predicted octanol–water partition coefficient (Wildman–Crippen LogP) is 2.00. The predicted molar refractivity (Wildman–Crippen MR) is 30.9 cm³/mol. The minimum atomic E-state index is 1.19. The Labute approximate surface area is 61.4 Å². The second-order valence-electron chi connectivity index (χ2n) is 0.644. The Hall–Kier alpha value is 0.403. The van der Waals surface area contributed by atoms with Crippen molar-refractivity contribution >= 4 is 13.6 Å². The maximum absolute atomic E-state index is 6.27. The Morgan fingerprint density at radius 3 is 2.14 bits per heavy atom. The van der Waals surface area contributed by atoms with Gasteiger partial charge >= 0.3 is 30.0 Å². The van der Waals surface area contributed by atoms with E-state index in [2.05, 4.69) is 19.5 Å². The molecule has 0 heterocycles. The summed E-state index contributed by atoms with van der Waals surface area (Å²) in [6.45, 7) is 1.85. The van der Waals surface area contributed by atoms with E-state index in [1.54, 1.807) is 12.2 Å². The van der Waals surface area contributed by atoms with E-state index in [1.807, 2.05) is 6.92 Å². The Morgan fingerprint density at radius 1 is 1.71 bits per heavy atom. The maximum atomic E-state index is 6.27. The van der Waals surface area contributed by atoms with Crippen LogP contribution < -0.4 is 0 Å². The van der Waals surface area contributed by atoms with Crippen molar-refractivity contribution in [1.82, 2.24) is 0 Å². The molecule has 0 unspecified atom stereocenters. The van der Waals surface area contributed by atoms with Crippen LogP contribution in [0.2, 0.25) is 0 Å². The van der Waals surface area contributed by atoms with Crippen molar-refractivity contribution in [2.45, 2.75) is 6.92 Å². The summed E-state index contributed by atoms with van der Waals surface area (Å²) in [5.74, 6) is 2.09. The van der Waals surface area contributed by atoms with Gasteiger partial charge in [-0.05, 0) is 0 Å². The first-order valence-electron chi connectivity index (χ1n) is 1.72. The van der Waals surface area contributed by atoms with Gasteiger partial charge in [-0.25, -0.2) is 0 Å². The Bertz CT molecular complexity index is 70.6. The third-order valence-electron chi connectivity index (χ3n) is 0.250. The van der Waals surface area contributed by atoms with Crippen molar-refractivity contribution in [1.29, 1.82) is 0 Å². The van der Waals surface area contributed by atoms with Crippen LogP contribution in [0.1, 0.15) is 6.92 Å². The molecule has 0 aromatic rings. The number of allylic oxidation sites excluding steroid dienone is 2. The minimum absolute atomic E-state index is 1.19. The van der Waals surface area contributed by atoms with Gasteiger partial charge in [0.25, 0.3) is 0 Å². The van der Waals surface area contributed by atoms with Gasteiger partial charge in [0.15, 0.2) is 0 Å². The molecule has 0 spiro atoms. The quantitative estimate of drug-likeness (QED) is 0.326. The Kier molecular flexibility index (Phi) is 24.0. The number of hydrogen-bond acceptors (Lipinski definition) is 0. The van der Waals surface area contributed by atoms with Gasteiger partial charge in [0.2, 0.25) is 0 Å². The molecule has 0 aliphatic carbocycles. The van der Waals surface area contributed by atoms with Crippen molar-refractivity contribution in [3.8, 4) is 5.92 Å². The molecule has 0 atom stereocenters. The zero-order chi connectivity index (χ0) is 6.12. The average molecular weight is 210 g/mol. The van der Waals surface area contributed by atoms with E-state index in [0.29, 0.717) is 0 Å². The molecule has 0 aromatic heterocycles. The van der Waals surface area contributed by atoms with Crippen LogP contribution in [0.3, 0.4) is 0 Å². The Morgan fingerprint density at radius 2 is 2.14 bits per heavy atom. The molecule has 34 valence electrons. The molecule has 0 radical (unpaired) electrons. The summed E-state index contributed by atoms with van der Waals surface area (Å²) < 4.78 is 0. The van der Waals surface area contributed by atoms with E-state index in [1.165, 1.54) is 16.3 Å². The first-order valence-corrected chi connectivity index (χ1v) is 8.67. The van der Waals surface area contributed by atoms with Crippen LogP contribution in [0.4, 0.5) is 0 Å². The van der Waals surface area contributed by atoms with E-state index in [4.69, 9.17) is 6.42 Å². The summed E-state index contributed by atoms with van der Waals surface area (Å²) in [5.41, 5.74) is 0. The second-order valence-corrected chi connectivity index (χ2v) is 0.644. The fourth-order valence-electron chi connectivity index (χ4n) is 0.0833. The van der Waals surface area contributed by atoms with Gasteiger partial charge in [-0.15, -0.1) is 0 Å². The second kappa shape index (κ2) is 16.1. The van der Waals surface area contributed by atoms with Crippen LogP contribution in [0.25, 0.3) is 0 Å². The fraction of sp³-hybridized carbons (Fsp3) is 0.200. The molecule has 2 heteroatoms. The normalized spacial score (nSPS) is 6.71. The van der Waals surface area contributed by atoms with E-state index >= 15 is 0 Å². The van der Waals surface area contributed by atoms with Crippen LogP contribution in [-0.4, -0.2) is 0 Å². The summed E-state index contributed by atoms with van der Waals surface area (Å²) in [7, 11) is 0. The van der Waals surface area contributed by atoms with Crippen molar-refractivity contribution < 1.29 is 16.3 Å². The molecule has 0 aliphatic heterocycles. The van der Waals surface area contributed by atoms with Crippen LogP contribution >= 0.6 is 13.6 Å². The van der Waals surface area contributed by atoms with Gasteiger partial charge < -0.3 is 6.42 Å². The zero-order valence-electron chi connectivity index (χ0n) is 4.24. The van der Waals surface area contributed by atoms with E-state index in [0.717, 1.165) is 0 Å². The third kappa shape index (κ3) is 21.5. The molecule has 0 fully saturated rings. The van der Waals surface area contributed by atoms with Gasteiger partial charge in [0, 0.05) is 0 Å². The van der Waals surface area contributed by atoms with Gasteiger partial charge in [-0.2, -0.15) is 12.2 Å². The monoisotopic (exact) mass is 208 g/mol. The molecule has 0 nitrogen and oxygen atoms in total. The van der Waals surface area contributed by atoms with E-state index in [-0.39, 0.29) is 0 Å². The first kappa shape index (κ1) is 10.4. The molecule has 0 aliphatic rings. The van der Waals surface area contributed by atoms with Crippen LogP contribution in [0.5, 0.6) is 0 Å². The first-order chi connectivity index (χ1) is 3.41. The standard InChI is InChI=1S/C5H5.BrH.Zn/c1-3-5-4-2;;/h3,5H,1H3;1H;/q-1;;+2/p-1/b5-3+;;.